The molecular formula is C2H8CaO6Sr. The fraction of sp³-hybridized carbons (Fsp3) is 0. The molecule has 0 aromatic rings. The zero-order chi connectivity index (χ0) is 7.15. The Morgan fingerprint density at radius 2 is 0.900 bits per heavy atom. The van der Waals surface area contributed by atoms with Crippen molar-refractivity contribution in [3.05, 3.63) is 0 Å². The molecular weight excluding hydrogens is 248 g/mol. The van der Waals surface area contributed by atoms with Gasteiger partial charge in [-0.15, -0.1) is 0 Å². The quantitative estimate of drug-likeness (QED) is 0.458. The molecule has 0 atom stereocenters. The van der Waals surface area contributed by atoms with E-state index in [1.807, 2.05) is 0 Å². The molecule has 0 heterocycles. The molecule has 0 radical (unpaired) electrons. The molecule has 0 saturated heterocycles. The van der Waals surface area contributed by atoms with Crippen LogP contribution in [0.5, 0.6) is 0 Å². The van der Waals surface area contributed by atoms with Crippen molar-refractivity contribution < 1.29 is 35.7 Å². The predicted octanol–water partition coefficient (Wildman–Crippen LogP) is 0.133. The third-order valence-corrected chi connectivity index (χ3v) is 0. The summed E-state index contributed by atoms with van der Waals surface area (Å²) in [6.45, 7) is 0. The molecule has 0 aliphatic carbocycles. The Morgan fingerprint density at radius 1 is 0.900 bits per heavy atom. The number of hydrogen-bond acceptors (Lipinski definition) is 2. The predicted molar refractivity (Wildman–Crippen MR) is 37.3 cm³/mol. The Hall–Kier alpha value is 1.28. The molecule has 10 heavy (non-hydrogen) atoms. The van der Waals surface area contributed by atoms with E-state index in [-0.39, 0.29) is 88.9 Å². The average molecular weight is 256 g/mol. The first-order valence-corrected chi connectivity index (χ1v) is 1.30. The minimum Gasteiger partial charge on any atom is -1.00 e. The Morgan fingerprint density at radius 3 is 0.900 bits per heavy atom. The van der Waals surface area contributed by atoms with Crippen LogP contribution in [0, 0.1) is 0 Å². The fourth-order valence-corrected chi connectivity index (χ4v) is 0. The van der Waals surface area contributed by atoms with Crippen molar-refractivity contribution in [2.45, 2.75) is 0 Å². The summed E-state index contributed by atoms with van der Waals surface area (Å²) in [4.78, 5) is 17.1. The van der Waals surface area contributed by atoms with Gasteiger partial charge in [-0.05, 0) is 0 Å². The van der Waals surface area contributed by atoms with E-state index in [4.69, 9.17) is 30.0 Å². The number of hydrogen-bond donors (Lipinski definition) is 4. The van der Waals surface area contributed by atoms with E-state index in [1.165, 1.54) is 0 Å². The summed E-state index contributed by atoms with van der Waals surface area (Å²) >= 11 is 0. The van der Waals surface area contributed by atoms with Crippen LogP contribution in [-0.4, -0.2) is 116 Å². The van der Waals surface area contributed by atoms with Crippen molar-refractivity contribution in [3.8, 4) is 0 Å². The Balaban J connectivity index is -0.00000000600. The largest absolute Gasteiger partial charge is 2.00 e. The van der Waals surface area contributed by atoms with Crippen molar-refractivity contribution in [1.82, 2.24) is 0 Å². The maximum atomic E-state index is 8.56. The van der Waals surface area contributed by atoms with Gasteiger partial charge in [0, 0.05) is 0 Å². The van der Waals surface area contributed by atoms with Crippen LogP contribution < -0.4 is 0 Å². The molecule has 0 fully saturated rings. The van der Waals surface area contributed by atoms with E-state index in [0.717, 1.165) is 0 Å². The van der Waals surface area contributed by atoms with E-state index < -0.39 is 12.3 Å². The van der Waals surface area contributed by atoms with Gasteiger partial charge in [0.2, 0.25) is 0 Å². The van der Waals surface area contributed by atoms with Crippen LogP contribution in [0.4, 0.5) is 9.59 Å². The van der Waals surface area contributed by atoms with Crippen LogP contribution in [0.1, 0.15) is 5.71 Å². The van der Waals surface area contributed by atoms with Crippen molar-refractivity contribution in [3.63, 3.8) is 0 Å². The molecule has 0 amide bonds. The first kappa shape index (κ1) is 22.5. The molecule has 0 aliphatic rings. The van der Waals surface area contributed by atoms with Crippen molar-refractivity contribution in [2.75, 3.05) is 0 Å². The summed E-state index contributed by atoms with van der Waals surface area (Å²) in [5.74, 6) is 0. The second-order valence-corrected chi connectivity index (χ2v) is 0.565. The monoisotopic (exact) mass is 256 g/mol. The zero-order valence-electron chi connectivity index (χ0n) is 9.02. The fourth-order valence-electron chi connectivity index (χ4n) is 0. The molecule has 4 N–H and O–H groups in total. The van der Waals surface area contributed by atoms with Gasteiger partial charge in [-0.3, -0.25) is 0 Å². The van der Waals surface area contributed by atoms with Gasteiger partial charge in [0.1, 0.15) is 0 Å². The average Bonchev–Trinajstić information content (AvgIpc) is 1.25. The molecule has 0 aromatic carbocycles. The van der Waals surface area contributed by atoms with Gasteiger partial charge in [0.05, 0.1) is 0 Å². The van der Waals surface area contributed by atoms with Crippen LogP contribution in [0.25, 0.3) is 0 Å². The molecule has 6 nitrogen and oxygen atoms in total. The third kappa shape index (κ3) is 388. The van der Waals surface area contributed by atoms with Crippen LogP contribution in [0.15, 0.2) is 0 Å². The zero-order valence-corrected chi connectivity index (χ0v) is 10.7. The molecule has 0 rings (SSSR count). The summed E-state index contributed by atoms with van der Waals surface area (Å²) in [5.41, 5.74) is 0. The van der Waals surface area contributed by atoms with Crippen LogP contribution in [-0.2, 0) is 0 Å². The molecule has 0 spiro atoms. The minimum absolute atomic E-state index is 0. The Bertz CT molecular complexity index is 85.8. The van der Waals surface area contributed by atoms with E-state index in [2.05, 4.69) is 0 Å². The molecule has 0 unspecified atom stereocenters. The van der Waals surface area contributed by atoms with Crippen molar-refractivity contribution >= 4 is 95.5 Å². The summed E-state index contributed by atoms with van der Waals surface area (Å²) in [7, 11) is 0. The second-order valence-electron chi connectivity index (χ2n) is 0.565. The van der Waals surface area contributed by atoms with Gasteiger partial charge in [-0.1, -0.05) is 0 Å². The third-order valence-electron chi connectivity index (χ3n) is 0. The van der Waals surface area contributed by atoms with Crippen molar-refractivity contribution in [2.24, 2.45) is 0 Å². The van der Waals surface area contributed by atoms with E-state index in [0.29, 0.717) is 0 Å². The van der Waals surface area contributed by atoms with Gasteiger partial charge in [0.15, 0.2) is 0 Å². The van der Waals surface area contributed by atoms with Crippen LogP contribution in [0.2, 0.25) is 0 Å². The molecule has 8 heteroatoms. The van der Waals surface area contributed by atoms with Gasteiger partial charge in [0.25, 0.3) is 0 Å². The van der Waals surface area contributed by atoms with Gasteiger partial charge >= 0.3 is 95.5 Å². The summed E-state index contributed by atoms with van der Waals surface area (Å²) in [6, 6.07) is 0. The van der Waals surface area contributed by atoms with Gasteiger partial charge in [-0.25, -0.2) is 9.59 Å². The van der Waals surface area contributed by atoms with Gasteiger partial charge in [-0.2, -0.15) is 0 Å². The topological polar surface area (TPSA) is 115 Å². The number of rotatable bonds is 0. The number of carboxylic acid groups (broad SMARTS) is 4. The smallest absolute Gasteiger partial charge is 1.00 e. The normalized spacial score (nSPS) is 4.80. The Labute approximate surface area is 129 Å². The molecule has 0 aliphatic heterocycles. The SMILES string of the molecule is O=C(O)O.O=C(O)O.[Ca+2].[H-].[H-].[H-].[H-].[Sr+2]. The van der Waals surface area contributed by atoms with E-state index in [9.17, 15) is 0 Å². The van der Waals surface area contributed by atoms with Crippen molar-refractivity contribution in [1.29, 1.82) is 0 Å². The number of carbonyl (C=O) groups is 2. The summed E-state index contributed by atoms with van der Waals surface area (Å²) in [6.07, 6.45) is -3.67. The first-order valence-electron chi connectivity index (χ1n) is 1.30. The summed E-state index contributed by atoms with van der Waals surface area (Å²) < 4.78 is 0. The van der Waals surface area contributed by atoms with Crippen LogP contribution >= 0.6 is 0 Å². The standard InChI is InChI=1S/2CH2O3.Ca.Sr.4H/c2*2-1(3)4;;;;;;/h2*(H2,2,3,4);;;;;;/q;;2*+2;4*-1. The van der Waals surface area contributed by atoms with Crippen LogP contribution in [0.3, 0.4) is 0 Å². The minimum atomic E-state index is -1.83. The molecule has 56 valence electrons. The summed E-state index contributed by atoms with van der Waals surface area (Å²) in [5, 5.41) is 27.9. The maximum Gasteiger partial charge on any atom is 2.00 e. The van der Waals surface area contributed by atoms with E-state index in [1.54, 1.807) is 0 Å². The molecule has 0 bridgehead atoms. The van der Waals surface area contributed by atoms with E-state index >= 15 is 0 Å². The Kier molecular flexibility index (Phi) is 37.6. The first-order chi connectivity index (χ1) is 3.46. The van der Waals surface area contributed by atoms with Gasteiger partial charge < -0.3 is 26.1 Å². The second kappa shape index (κ2) is 16.7. The molecule has 0 saturated carbocycles. The molecule has 0 aromatic heterocycles. The maximum absolute atomic E-state index is 8.56.